The summed E-state index contributed by atoms with van der Waals surface area (Å²) in [5.74, 6) is 0. The SMILES string of the molecule is Cc1ccc(C(CN)N(C)Cc2ccccc2C)s1. The maximum absolute atomic E-state index is 5.97. The lowest BCUT2D eigenvalue weighted by molar-refractivity contribution is 0.244. The largest absolute Gasteiger partial charge is 0.329 e. The smallest absolute Gasteiger partial charge is 0.0564 e. The number of thiophene rings is 1. The highest BCUT2D eigenvalue weighted by molar-refractivity contribution is 7.12. The van der Waals surface area contributed by atoms with Crippen LogP contribution in [0.15, 0.2) is 36.4 Å². The second kappa shape index (κ2) is 6.33. The summed E-state index contributed by atoms with van der Waals surface area (Å²) in [6.07, 6.45) is 0. The highest BCUT2D eigenvalue weighted by Gasteiger charge is 2.17. The normalized spacial score (nSPS) is 12.9. The third-order valence-electron chi connectivity index (χ3n) is 3.53. The molecule has 0 aliphatic rings. The van der Waals surface area contributed by atoms with Crippen molar-refractivity contribution in [2.75, 3.05) is 13.6 Å². The summed E-state index contributed by atoms with van der Waals surface area (Å²) in [7, 11) is 2.15. The number of aryl methyl sites for hydroxylation is 2. The second-order valence-corrected chi connectivity index (χ2v) is 6.36. The Kier molecular flexibility index (Phi) is 4.75. The quantitative estimate of drug-likeness (QED) is 0.904. The van der Waals surface area contributed by atoms with Crippen molar-refractivity contribution in [3.8, 4) is 0 Å². The van der Waals surface area contributed by atoms with Crippen LogP contribution in [-0.4, -0.2) is 18.5 Å². The van der Waals surface area contributed by atoms with Gasteiger partial charge in [-0.15, -0.1) is 11.3 Å². The Morgan fingerprint density at radius 2 is 1.89 bits per heavy atom. The number of hydrogen-bond donors (Lipinski definition) is 1. The van der Waals surface area contributed by atoms with E-state index in [1.54, 1.807) is 0 Å². The molecule has 2 aromatic rings. The fourth-order valence-corrected chi connectivity index (χ4v) is 3.37. The number of rotatable bonds is 5. The Bertz CT molecular complexity index is 533. The number of benzene rings is 1. The summed E-state index contributed by atoms with van der Waals surface area (Å²) in [6, 6.07) is 13.2. The van der Waals surface area contributed by atoms with Gasteiger partial charge in [-0.05, 0) is 44.2 Å². The Hall–Kier alpha value is -1.16. The van der Waals surface area contributed by atoms with Crippen LogP contribution in [0, 0.1) is 13.8 Å². The standard InChI is InChI=1S/C16H22N2S/c1-12-6-4-5-7-14(12)11-18(3)15(10-17)16-9-8-13(2)19-16/h4-9,15H,10-11,17H2,1-3H3. The highest BCUT2D eigenvalue weighted by atomic mass is 32.1. The highest BCUT2D eigenvalue weighted by Crippen LogP contribution is 2.27. The minimum atomic E-state index is 0.304. The number of nitrogens with two attached hydrogens (primary N) is 1. The van der Waals surface area contributed by atoms with E-state index in [1.807, 2.05) is 11.3 Å². The lowest BCUT2D eigenvalue weighted by atomic mass is 10.1. The third-order valence-corrected chi connectivity index (χ3v) is 4.63. The molecule has 2 rings (SSSR count). The average Bonchev–Trinajstić information content (AvgIpc) is 2.80. The molecule has 102 valence electrons. The molecule has 1 heterocycles. The molecule has 1 unspecified atom stereocenters. The van der Waals surface area contributed by atoms with Crippen LogP contribution in [0.5, 0.6) is 0 Å². The van der Waals surface area contributed by atoms with E-state index < -0.39 is 0 Å². The van der Waals surface area contributed by atoms with Gasteiger partial charge in [0.15, 0.2) is 0 Å². The number of nitrogens with zero attached hydrogens (tertiary/aromatic N) is 1. The van der Waals surface area contributed by atoms with Crippen LogP contribution in [0.4, 0.5) is 0 Å². The molecule has 0 spiro atoms. The van der Waals surface area contributed by atoms with Crippen molar-refractivity contribution in [3.05, 3.63) is 57.3 Å². The minimum Gasteiger partial charge on any atom is -0.329 e. The van der Waals surface area contributed by atoms with Gasteiger partial charge in [0.2, 0.25) is 0 Å². The van der Waals surface area contributed by atoms with Crippen molar-refractivity contribution in [1.29, 1.82) is 0 Å². The molecule has 1 aromatic carbocycles. The number of hydrogen-bond acceptors (Lipinski definition) is 3. The molecule has 0 saturated heterocycles. The second-order valence-electron chi connectivity index (χ2n) is 5.04. The van der Waals surface area contributed by atoms with Crippen LogP contribution in [0.25, 0.3) is 0 Å². The number of likely N-dealkylation sites (N-methyl/N-ethyl adjacent to an activating group) is 1. The Morgan fingerprint density at radius 1 is 1.16 bits per heavy atom. The Morgan fingerprint density at radius 3 is 2.47 bits per heavy atom. The molecule has 0 fully saturated rings. The van der Waals surface area contributed by atoms with Crippen molar-refractivity contribution in [2.45, 2.75) is 26.4 Å². The minimum absolute atomic E-state index is 0.304. The van der Waals surface area contributed by atoms with E-state index in [0.717, 1.165) is 6.54 Å². The molecule has 2 nitrogen and oxygen atoms in total. The first-order chi connectivity index (χ1) is 9.11. The molecule has 0 amide bonds. The summed E-state index contributed by atoms with van der Waals surface area (Å²) in [5, 5.41) is 0. The van der Waals surface area contributed by atoms with Gasteiger partial charge in [0.25, 0.3) is 0 Å². The van der Waals surface area contributed by atoms with Crippen LogP contribution in [-0.2, 0) is 6.54 Å². The van der Waals surface area contributed by atoms with Gasteiger partial charge in [0.05, 0.1) is 6.04 Å². The monoisotopic (exact) mass is 274 g/mol. The molecule has 0 bridgehead atoms. The van der Waals surface area contributed by atoms with Crippen molar-refractivity contribution < 1.29 is 0 Å². The summed E-state index contributed by atoms with van der Waals surface area (Å²) >= 11 is 1.84. The lowest BCUT2D eigenvalue weighted by Gasteiger charge is -2.26. The predicted octanol–water partition coefficient (Wildman–Crippen LogP) is 3.50. The van der Waals surface area contributed by atoms with E-state index in [4.69, 9.17) is 5.73 Å². The molecular weight excluding hydrogens is 252 g/mol. The van der Waals surface area contributed by atoms with Gasteiger partial charge in [-0.2, -0.15) is 0 Å². The zero-order valence-corrected chi connectivity index (χ0v) is 12.7. The van der Waals surface area contributed by atoms with Crippen molar-refractivity contribution >= 4 is 11.3 Å². The lowest BCUT2D eigenvalue weighted by Crippen LogP contribution is -2.29. The van der Waals surface area contributed by atoms with Gasteiger partial charge in [0.1, 0.15) is 0 Å². The fraction of sp³-hybridized carbons (Fsp3) is 0.375. The third kappa shape index (κ3) is 3.44. The molecule has 2 N–H and O–H groups in total. The zero-order valence-electron chi connectivity index (χ0n) is 11.9. The van der Waals surface area contributed by atoms with Crippen molar-refractivity contribution in [3.63, 3.8) is 0 Å². The average molecular weight is 274 g/mol. The van der Waals surface area contributed by atoms with E-state index >= 15 is 0 Å². The van der Waals surface area contributed by atoms with E-state index in [1.165, 1.54) is 20.9 Å². The van der Waals surface area contributed by atoms with Gasteiger partial charge in [-0.1, -0.05) is 24.3 Å². The fourth-order valence-electron chi connectivity index (χ4n) is 2.31. The maximum Gasteiger partial charge on any atom is 0.0564 e. The van der Waals surface area contributed by atoms with E-state index in [2.05, 4.69) is 62.2 Å². The van der Waals surface area contributed by atoms with E-state index in [-0.39, 0.29) is 0 Å². The molecule has 19 heavy (non-hydrogen) atoms. The first-order valence-electron chi connectivity index (χ1n) is 6.63. The first-order valence-corrected chi connectivity index (χ1v) is 7.44. The summed E-state index contributed by atoms with van der Waals surface area (Å²) in [5.41, 5.74) is 8.68. The van der Waals surface area contributed by atoms with Gasteiger partial charge in [-0.3, -0.25) is 4.90 Å². The zero-order chi connectivity index (χ0) is 13.8. The summed E-state index contributed by atoms with van der Waals surface area (Å²) in [4.78, 5) is 5.04. The Balaban J connectivity index is 2.13. The van der Waals surface area contributed by atoms with Crippen LogP contribution in [0.3, 0.4) is 0 Å². The van der Waals surface area contributed by atoms with Crippen LogP contribution in [0.1, 0.15) is 26.9 Å². The van der Waals surface area contributed by atoms with E-state index in [9.17, 15) is 0 Å². The molecule has 1 aromatic heterocycles. The molecule has 0 radical (unpaired) electrons. The van der Waals surface area contributed by atoms with Gasteiger partial charge >= 0.3 is 0 Å². The van der Waals surface area contributed by atoms with Gasteiger partial charge in [0, 0.05) is 22.8 Å². The summed E-state index contributed by atoms with van der Waals surface area (Å²) in [6.45, 7) is 5.90. The summed E-state index contributed by atoms with van der Waals surface area (Å²) < 4.78 is 0. The van der Waals surface area contributed by atoms with Gasteiger partial charge in [-0.25, -0.2) is 0 Å². The van der Waals surface area contributed by atoms with Gasteiger partial charge < -0.3 is 5.73 Å². The van der Waals surface area contributed by atoms with Crippen molar-refractivity contribution in [2.24, 2.45) is 5.73 Å². The van der Waals surface area contributed by atoms with Crippen LogP contribution >= 0.6 is 11.3 Å². The molecule has 0 aliphatic carbocycles. The molecule has 3 heteroatoms. The molecule has 1 atom stereocenters. The topological polar surface area (TPSA) is 29.3 Å². The molecular formula is C16H22N2S. The maximum atomic E-state index is 5.97. The molecule has 0 aliphatic heterocycles. The van der Waals surface area contributed by atoms with E-state index in [0.29, 0.717) is 12.6 Å². The first kappa shape index (κ1) is 14.3. The molecule has 0 saturated carbocycles. The van der Waals surface area contributed by atoms with Crippen molar-refractivity contribution in [1.82, 2.24) is 4.90 Å². The van der Waals surface area contributed by atoms with Crippen LogP contribution in [0.2, 0.25) is 0 Å². The predicted molar refractivity (Wildman–Crippen MR) is 83.5 cm³/mol. The Labute approximate surface area is 119 Å². The van der Waals surface area contributed by atoms with Crippen LogP contribution < -0.4 is 5.73 Å².